The number of ether oxygens (including phenoxy) is 1. The van der Waals surface area contributed by atoms with Crippen LogP contribution < -0.4 is 10.1 Å². The molecule has 1 amide bonds. The lowest BCUT2D eigenvalue weighted by Crippen LogP contribution is -2.25. The number of nitrogens with zero attached hydrogens (tertiary/aromatic N) is 4. The second kappa shape index (κ2) is 8.28. The van der Waals surface area contributed by atoms with Crippen LogP contribution in [0.15, 0.2) is 47.5 Å². The highest BCUT2D eigenvalue weighted by Crippen LogP contribution is 2.34. The summed E-state index contributed by atoms with van der Waals surface area (Å²) in [6, 6.07) is 11.5. The molecule has 30 heavy (non-hydrogen) atoms. The maximum absolute atomic E-state index is 12.5. The van der Waals surface area contributed by atoms with Crippen molar-refractivity contribution in [3.8, 4) is 11.4 Å². The van der Waals surface area contributed by atoms with Crippen LogP contribution in [-0.2, 0) is 4.79 Å². The molecule has 1 aromatic heterocycles. The zero-order chi connectivity index (χ0) is 23.8. The lowest BCUT2D eigenvalue weighted by molar-refractivity contribution is -0.121. The van der Waals surface area contributed by atoms with Crippen LogP contribution in [0.1, 0.15) is 46.3 Å². The van der Waals surface area contributed by atoms with Crippen molar-refractivity contribution >= 4 is 23.2 Å². The van der Waals surface area contributed by atoms with E-state index < -0.39 is 13.1 Å². The van der Waals surface area contributed by atoms with Crippen LogP contribution in [0.4, 0.5) is 0 Å². The molecule has 0 fully saturated rings. The smallest absolute Gasteiger partial charge is 0.222 e. The topological polar surface area (TPSA) is 81.4 Å². The molecule has 8 heteroatoms. The molecule has 1 N–H and O–H groups in total. The molecule has 2 aromatic carbocycles. The van der Waals surface area contributed by atoms with Crippen molar-refractivity contribution in [1.82, 2.24) is 20.1 Å². The second-order valence-electron chi connectivity index (χ2n) is 6.88. The molecule has 154 valence electrons. The fourth-order valence-electron chi connectivity index (χ4n) is 3.56. The summed E-state index contributed by atoms with van der Waals surface area (Å²) in [6.45, 7) is 4.16. The van der Waals surface area contributed by atoms with Gasteiger partial charge in [0, 0.05) is 22.7 Å². The number of amides is 1. The molecule has 7 nitrogen and oxygen atoms in total. The molecule has 0 saturated carbocycles. The predicted octanol–water partition coefficient (Wildman–Crippen LogP) is 3.66. The summed E-state index contributed by atoms with van der Waals surface area (Å²) in [7, 11) is -2.60. The minimum atomic E-state index is -2.60. The van der Waals surface area contributed by atoms with E-state index in [2.05, 4.69) is 15.5 Å². The third kappa shape index (κ3) is 3.68. The quantitative estimate of drug-likeness (QED) is 0.675. The van der Waals surface area contributed by atoms with Gasteiger partial charge in [0.25, 0.3) is 0 Å². The van der Waals surface area contributed by atoms with Crippen molar-refractivity contribution in [3.63, 3.8) is 0 Å². The number of rotatable bonds is 5. The lowest BCUT2D eigenvalue weighted by Gasteiger charge is -2.14. The Morgan fingerprint density at radius 2 is 2.07 bits per heavy atom. The first-order chi connectivity index (χ1) is 15.7. The fraction of sp³-hybridized carbons (Fsp3) is 0.273. The summed E-state index contributed by atoms with van der Waals surface area (Å²) in [5.41, 5.74) is 2.65. The number of aryl methyl sites for hydroxylation is 1. The molecular weight excluding hydrogens is 402 g/mol. The zero-order valence-corrected chi connectivity index (χ0v) is 17.3. The minimum absolute atomic E-state index is 0.0790. The summed E-state index contributed by atoms with van der Waals surface area (Å²) in [4.78, 5) is 17.4. The maximum atomic E-state index is 12.5. The van der Waals surface area contributed by atoms with E-state index in [1.807, 2.05) is 30.5 Å². The van der Waals surface area contributed by atoms with Crippen LogP contribution in [0.2, 0.25) is 5.02 Å². The number of aromatic nitrogens is 3. The number of fused-ring (bicyclic) bond motifs is 3. The normalized spacial score (nSPS) is 16.8. The minimum Gasteiger partial charge on any atom is -0.497 e. The molecule has 0 saturated heterocycles. The van der Waals surface area contributed by atoms with E-state index in [0.29, 0.717) is 40.2 Å². The van der Waals surface area contributed by atoms with E-state index in [9.17, 15) is 4.79 Å². The summed E-state index contributed by atoms with van der Waals surface area (Å²) in [6.07, 6.45) is 0.0790. The van der Waals surface area contributed by atoms with Crippen LogP contribution in [0, 0.1) is 6.92 Å². The van der Waals surface area contributed by atoms with Crippen molar-refractivity contribution in [3.05, 3.63) is 70.3 Å². The Morgan fingerprint density at radius 3 is 2.80 bits per heavy atom. The number of nitrogens with one attached hydrogen (secondary N) is 1. The van der Waals surface area contributed by atoms with Crippen LogP contribution in [0.5, 0.6) is 5.75 Å². The fourth-order valence-corrected chi connectivity index (χ4v) is 3.68. The first kappa shape index (κ1) is 16.6. The SMILES string of the molecule is [2H]C([2H])([2H])Oc1ccc2c(c1)C(c1ccc(Cl)cc1)=N[C@@H](CC(=O)NCC)c1nnc(C)n1-2. The highest BCUT2D eigenvalue weighted by molar-refractivity contribution is 6.30. The number of halogens is 1. The molecule has 4 rings (SSSR count). The molecule has 1 atom stereocenters. The Labute approximate surface area is 184 Å². The first-order valence-electron chi connectivity index (χ1n) is 11.0. The number of carbonyl (C=O) groups excluding carboxylic acids is 1. The summed E-state index contributed by atoms with van der Waals surface area (Å²) in [5.74, 6) is 1.15. The van der Waals surface area contributed by atoms with Gasteiger partial charge in [-0.25, -0.2) is 0 Å². The molecule has 0 bridgehead atoms. The van der Waals surface area contributed by atoms with Gasteiger partial charge in [-0.2, -0.15) is 0 Å². The Balaban J connectivity index is 1.94. The zero-order valence-electron chi connectivity index (χ0n) is 19.5. The molecule has 3 aromatic rings. The third-order valence-electron chi connectivity index (χ3n) is 4.89. The van der Waals surface area contributed by atoms with Crippen molar-refractivity contribution < 1.29 is 13.6 Å². The van der Waals surface area contributed by atoms with Crippen LogP contribution in [-0.4, -0.2) is 40.0 Å². The molecule has 0 aliphatic carbocycles. The van der Waals surface area contributed by atoms with Crippen molar-refractivity contribution in [2.75, 3.05) is 13.6 Å². The molecule has 0 unspecified atom stereocenters. The van der Waals surface area contributed by atoms with Crippen molar-refractivity contribution in [1.29, 1.82) is 0 Å². The van der Waals surface area contributed by atoms with E-state index >= 15 is 0 Å². The van der Waals surface area contributed by atoms with Gasteiger partial charge in [-0.15, -0.1) is 10.2 Å². The largest absolute Gasteiger partial charge is 0.497 e. The average Bonchev–Trinajstić information content (AvgIpc) is 3.06. The maximum Gasteiger partial charge on any atom is 0.222 e. The van der Waals surface area contributed by atoms with Crippen LogP contribution >= 0.6 is 11.6 Å². The van der Waals surface area contributed by atoms with Crippen molar-refractivity contribution in [2.45, 2.75) is 26.3 Å². The monoisotopic (exact) mass is 426 g/mol. The van der Waals surface area contributed by atoms with Gasteiger partial charge in [-0.3, -0.25) is 14.4 Å². The number of benzene rings is 2. The highest BCUT2D eigenvalue weighted by atomic mass is 35.5. The molecule has 0 spiro atoms. The third-order valence-corrected chi connectivity index (χ3v) is 5.14. The number of hydrogen-bond acceptors (Lipinski definition) is 5. The van der Waals surface area contributed by atoms with E-state index in [1.165, 1.54) is 0 Å². The predicted molar refractivity (Wildman–Crippen MR) is 116 cm³/mol. The lowest BCUT2D eigenvalue weighted by atomic mass is 10.00. The Morgan fingerprint density at radius 1 is 1.27 bits per heavy atom. The van der Waals surface area contributed by atoms with Gasteiger partial charge in [-0.1, -0.05) is 23.7 Å². The van der Waals surface area contributed by atoms with Crippen LogP contribution in [0.3, 0.4) is 0 Å². The molecule has 1 aliphatic heterocycles. The highest BCUT2D eigenvalue weighted by Gasteiger charge is 2.29. The number of aliphatic imine (C=N–C) groups is 1. The Kier molecular flexibility index (Phi) is 4.58. The van der Waals surface area contributed by atoms with Gasteiger partial charge in [0.15, 0.2) is 5.82 Å². The van der Waals surface area contributed by atoms with Gasteiger partial charge in [0.1, 0.15) is 17.6 Å². The van der Waals surface area contributed by atoms with Gasteiger partial charge in [0.2, 0.25) is 5.91 Å². The van der Waals surface area contributed by atoms with Gasteiger partial charge in [0.05, 0.1) is 29.0 Å². The second-order valence-corrected chi connectivity index (χ2v) is 7.32. The van der Waals surface area contributed by atoms with E-state index in [-0.39, 0.29) is 18.1 Å². The summed E-state index contributed by atoms with van der Waals surface area (Å²) in [5, 5.41) is 11.9. The summed E-state index contributed by atoms with van der Waals surface area (Å²) >= 11 is 6.09. The summed E-state index contributed by atoms with van der Waals surface area (Å²) < 4.78 is 29.4. The molecule has 0 radical (unpaired) electrons. The van der Waals surface area contributed by atoms with E-state index in [4.69, 9.17) is 25.4 Å². The number of methoxy groups -OCH3 is 1. The average molecular weight is 427 g/mol. The molecule has 1 aliphatic rings. The first-order valence-corrected chi connectivity index (χ1v) is 9.90. The molecule has 2 heterocycles. The van der Waals surface area contributed by atoms with Gasteiger partial charge < -0.3 is 10.1 Å². The number of carbonyl (C=O) groups is 1. The Hall–Kier alpha value is -3.19. The van der Waals surface area contributed by atoms with E-state index in [1.54, 1.807) is 30.3 Å². The standard InChI is InChI=1S/C22H22ClN5O2/c1-4-24-20(29)12-18-22-27-26-13(2)28(22)19-10-9-16(30-3)11-17(19)21(25-18)14-5-7-15(23)8-6-14/h5-11,18H,4,12H2,1-3H3,(H,24,29)/t18-/m0/s1/i3D3. The van der Waals surface area contributed by atoms with Crippen LogP contribution in [0.25, 0.3) is 5.69 Å². The van der Waals surface area contributed by atoms with Crippen molar-refractivity contribution in [2.24, 2.45) is 4.99 Å². The molecular formula is C22H22ClN5O2. The van der Waals surface area contributed by atoms with E-state index in [0.717, 1.165) is 5.56 Å². The Bertz CT molecular complexity index is 1220. The van der Waals surface area contributed by atoms with Gasteiger partial charge >= 0.3 is 0 Å². The number of hydrogen-bond donors (Lipinski definition) is 1. The van der Waals surface area contributed by atoms with Gasteiger partial charge in [-0.05, 0) is 44.2 Å².